The molecule has 1 N–H and O–H groups in total. The number of fused-ring (bicyclic) bond motifs is 1. The van der Waals surface area contributed by atoms with Gasteiger partial charge in [0.25, 0.3) is 0 Å². The van der Waals surface area contributed by atoms with Gasteiger partial charge in [0.05, 0.1) is 18.2 Å². The van der Waals surface area contributed by atoms with Crippen LogP contribution in [-0.4, -0.2) is 29.6 Å². The maximum Gasteiger partial charge on any atom is 0.343 e. The molecule has 7 heteroatoms. The van der Waals surface area contributed by atoms with Crippen LogP contribution in [0.4, 0.5) is 0 Å². The Bertz CT molecular complexity index is 1360. The highest BCUT2D eigenvalue weighted by atomic mass is 35.5. The van der Waals surface area contributed by atoms with E-state index in [0.29, 0.717) is 22.6 Å². The van der Waals surface area contributed by atoms with Crippen molar-refractivity contribution in [1.82, 2.24) is 0 Å². The summed E-state index contributed by atoms with van der Waals surface area (Å²) in [6.07, 6.45) is 6.31. The second kappa shape index (κ2) is 9.68. The van der Waals surface area contributed by atoms with Gasteiger partial charge < -0.3 is 19.3 Å². The van der Waals surface area contributed by atoms with E-state index < -0.39 is 17.4 Å². The third-order valence-corrected chi connectivity index (χ3v) is 5.69. The number of ketones is 1. The first-order valence-corrected chi connectivity index (χ1v) is 11.2. The lowest BCUT2D eigenvalue weighted by Gasteiger charge is -2.29. The van der Waals surface area contributed by atoms with Gasteiger partial charge in [0.2, 0.25) is 0 Å². The normalized spacial score (nSPS) is 13.7. The molecule has 0 saturated heterocycles. The molecule has 4 rings (SSSR count). The molecule has 0 radical (unpaired) electrons. The smallest absolute Gasteiger partial charge is 0.343 e. The molecule has 3 aromatic rings. The number of hydrogen-bond donors (Lipinski definition) is 1. The van der Waals surface area contributed by atoms with E-state index in [1.165, 1.54) is 25.3 Å². The molecule has 1 aliphatic rings. The fraction of sp³-hybridized carbons (Fsp3) is 0.143. The van der Waals surface area contributed by atoms with Crippen LogP contribution < -0.4 is 14.2 Å². The second-order valence-corrected chi connectivity index (χ2v) is 8.80. The molecule has 0 aromatic heterocycles. The van der Waals surface area contributed by atoms with Gasteiger partial charge in [-0.2, -0.15) is 0 Å². The van der Waals surface area contributed by atoms with Crippen LogP contribution in [0.15, 0.2) is 66.7 Å². The monoisotopic (exact) mass is 490 g/mol. The van der Waals surface area contributed by atoms with Gasteiger partial charge in [-0.15, -0.1) is 0 Å². The minimum Gasteiger partial charge on any atom is -0.506 e. The van der Waals surface area contributed by atoms with Crippen molar-refractivity contribution >= 4 is 35.5 Å². The molecule has 0 unspecified atom stereocenters. The van der Waals surface area contributed by atoms with E-state index in [-0.39, 0.29) is 27.6 Å². The van der Waals surface area contributed by atoms with Crippen molar-refractivity contribution in [2.75, 3.05) is 7.11 Å². The summed E-state index contributed by atoms with van der Waals surface area (Å²) in [6, 6.07) is 14.9. The van der Waals surface area contributed by atoms with Gasteiger partial charge in [-0.1, -0.05) is 35.9 Å². The van der Waals surface area contributed by atoms with Crippen LogP contribution >= 0.6 is 11.6 Å². The first-order chi connectivity index (χ1) is 16.7. The summed E-state index contributed by atoms with van der Waals surface area (Å²) >= 11 is 6.35. The molecule has 178 valence electrons. The molecule has 3 aromatic carbocycles. The molecule has 1 aliphatic heterocycles. The number of ether oxygens (including phenoxy) is 3. The van der Waals surface area contributed by atoms with E-state index in [1.54, 1.807) is 54.6 Å². The number of rotatable bonds is 6. The summed E-state index contributed by atoms with van der Waals surface area (Å²) in [5.41, 5.74) is 0.645. The zero-order valence-corrected chi connectivity index (χ0v) is 20.1. The highest BCUT2D eigenvalue weighted by Gasteiger charge is 2.28. The predicted octanol–water partition coefficient (Wildman–Crippen LogP) is 6.35. The zero-order valence-electron chi connectivity index (χ0n) is 19.4. The highest BCUT2D eigenvalue weighted by Crippen LogP contribution is 2.43. The maximum absolute atomic E-state index is 13.0. The molecular formula is C28H23ClO6. The summed E-state index contributed by atoms with van der Waals surface area (Å²) in [5.74, 6) is -0.229. The average Bonchev–Trinajstić information content (AvgIpc) is 2.82. The standard InChI is InChI=1S/C28H23ClO6/c1-28(2)14-13-20-23(35-28)16-24(33-3)25(26(20)31)22(30)12-11-17-9-10-18(15-21(17)29)27(32)34-19-7-5-4-6-8-19/h4-16,31H,1-3H3/b12-11+. The SMILES string of the molecule is COc1cc2c(c(O)c1C(=O)/C=C/c1ccc(C(=O)Oc3ccccc3)cc1Cl)C=CC(C)(C)O2. The van der Waals surface area contributed by atoms with Crippen molar-refractivity contribution in [2.24, 2.45) is 0 Å². The zero-order chi connectivity index (χ0) is 25.2. The number of halogens is 1. The third kappa shape index (κ3) is 5.23. The van der Waals surface area contributed by atoms with Crippen molar-refractivity contribution in [3.05, 3.63) is 94.0 Å². The number of methoxy groups -OCH3 is 1. The van der Waals surface area contributed by atoms with Crippen LogP contribution in [0.2, 0.25) is 5.02 Å². The van der Waals surface area contributed by atoms with Gasteiger partial charge in [0.1, 0.15) is 34.2 Å². The van der Waals surface area contributed by atoms with Crippen LogP contribution in [0, 0.1) is 0 Å². The minimum absolute atomic E-state index is 0.00892. The van der Waals surface area contributed by atoms with Crippen molar-refractivity contribution in [1.29, 1.82) is 0 Å². The molecule has 0 aliphatic carbocycles. The van der Waals surface area contributed by atoms with E-state index in [4.69, 9.17) is 25.8 Å². The largest absolute Gasteiger partial charge is 0.506 e. The fourth-order valence-corrected chi connectivity index (χ4v) is 3.82. The molecular weight excluding hydrogens is 468 g/mol. The number of benzene rings is 3. The van der Waals surface area contributed by atoms with Gasteiger partial charge in [-0.3, -0.25) is 4.79 Å². The Hall–Kier alpha value is -4.03. The first-order valence-electron chi connectivity index (χ1n) is 10.8. The number of carbonyl (C=O) groups is 2. The minimum atomic E-state index is -0.549. The number of hydrogen-bond acceptors (Lipinski definition) is 6. The molecule has 0 fully saturated rings. The Balaban J connectivity index is 1.57. The summed E-state index contributed by atoms with van der Waals surface area (Å²) < 4.78 is 16.6. The van der Waals surface area contributed by atoms with Gasteiger partial charge >= 0.3 is 5.97 Å². The Morgan fingerprint density at radius 2 is 1.83 bits per heavy atom. The third-order valence-electron chi connectivity index (χ3n) is 5.36. The number of aromatic hydroxyl groups is 1. The Morgan fingerprint density at radius 3 is 2.51 bits per heavy atom. The van der Waals surface area contributed by atoms with E-state index in [9.17, 15) is 14.7 Å². The number of carbonyl (C=O) groups excluding carboxylic acids is 2. The van der Waals surface area contributed by atoms with E-state index >= 15 is 0 Å². The summed E-state index contributed by atoms with van der Waals surface area (Å²) in [6.45, 7) is 3.77. The molecule has 0 amide bonds. The Kier molecular flexibility index (Phi) is 6.67. The molecule has 35 heavy (non-hydrogen) atoms. The van der Waals surface area contributed by atoms with Crippen molar-refractivity contribution in [3.8, 4) is 23.0 Å². The second-order valence-electron chi connectivity index (χ2n) is 8.39. The topological polar surface area (TPSA) is 82.1 Å². The Labute approximate surface area is 208 Å². The van der Waals surface area contributed by atoms with Crippen LogP contribution in [0.25, 0.3) is 12.2 Å². The summed E-state index contributed by atoms with van der Waals surface area (Å²) in [7, 11) is 1.41. The molecule has 0 atom stereocenters. The van der Waals surface area contributed by atoms with Crippen LogP contribution in [0.1, 0.15) is 45.7 Å². The molecule has 6 nitrogen and oxygen atoms in total. The lowest BCUT2D eigenvalue weighted by atomic mass is 9.97. The van der Waals surface area contributed by atoms with Gasteiger partial charge in [0, 0.05) is 11.1 Å². The number of allylic oxidation sites excluding steroid dienone is 1. The molecule has 0 saturated carbocycles. The molecule has 0 spiro atoms. The van der Waals surface area contributed by atoms with Crippen LogP contribution in [0.3, 0.4) is 0 Å². The number of para-hydroxylation sites is 1. The predicted molar refractivity (Wildman–Crippen MR) is 135 cm³/mol. The van der Waals surface area contributed by atoms with Gasteiger partial charge in [-0.05, 0) is 68.0 Å². The van der Waals surface area contributed by atoms with Crippen molar-refractivity contribution in [3.63, 3.8) is 0 Å². The van der Waals surface area contributed by atoms with Crippen LogP contribution in [0.5, 0.6) is 23.0 Å². The van der Waals surface area contributed by atoms with E-state index in [1.807, 2.05) is 19.9 Å². The van der Waals surface area contributed by atoms with Gasteiger partial charge in [-0.25, -0.2) is 4.79 Å². The van der Waals surface area contributed by atoms with Gasteiger partial charge in [0.15, 0.2) is 5.78 Å². The fourth-order valence-electron chi connectivity index (χ4n) is 3.58. The lowest BCUT2D eigenvalue weighted by molar-refractivity contribution is 0.0734. The number of phenols is 1. The van der Waals surface area contributed by atoms with Crippen molar-refractivity contribution < 1.29 is 28.9 Å². The van der Waals surface area contributed by atoms with E-state index in [2.05, 4.69) is 0 Å². The first kappa shape index (κ1) is 24.1. The van der Waals surface area contributed by atoms with E-state index in [0.717, 1.165) is 0 Å². The average molecular weight is 491 g/mol. The molecule has 1 heterocycles. The summed E-state index contributed by atoms with van der Waals surface area (Å²) in [5, 5.41) is 11.1. The highest BCUT2D eigenvalue weighted by molar-refractivity contribution is 6.32. The number of esters is 1. The molecule has 0 bridgehead atoms. The Morgan fingerprint density at radius 1 is 1.09 bits per heavy atom. The summed E-state index contributed by atoms with van der Waals surface area (Å²) in [4.78, 5) is 25.4. The quantitative estimate of drug-likeness (QED) is 0.187. The maximum atomic E-state index is 13.0. The number of phenolic OH excluding ortho intramolecular Hbond substituents is 1. The van der Waals surface area contributed by atoms with Crippen LogP contribution in [-0.2, 0) is 0 Å². The lowest BCUT2D eigenvalue weighted by Crippen LogP contribution is -2.27. The van der Waals surface area contributed by atoms with Crippen molar-refractivity contribution in [2.45, 2.75) is 19.4 Å².